The van der Waals surface area contributed by atoms with Crippen LogP contribution in [0.25, 0.3) is 0 Å². The number of unbranched alkanes of at least 4 members (excludes halogenated alkanes) is 7. The molecule has 8 heteroatoms. The fourth-order valence-corrected chi connectivity index (χ4v) is 4.15. The summed E-state index contributed by atoms with van der Waals surface area (Å²) in [5, 5.41) is 2.86. The Morgan fingerprint density at radius 2 is 1.55 bits per heavy atom. The topological polar surface area (TPSA) is 102 Å². The lowest BCUT2D eigenvalue weighted by atomic mass is 10.0. The average molecular weight is 559 g/mol. The van der Waals surface area contributed by atoms with Gasteiger partial charge in [-0.05, 0) is 68.4 Å². The number of Topliss-reactive ketones (excluding diaryl/α,β-unsaturated/α-hetero) is 1. The summed E-state index contributed by atoms with van der Waals surface area (Å²) in [6.45, 7) is 2.21. The number of aryl methyl sites for hydroxylation is 1. The van der Waals surface area contributed by atoms with Crippen molar-refractivity contribution in [1.82, 2.24) is 4.90 Å². The van der Waals surface area contributed by atoms with Crippen LogP contribution in [0.5, 0.6) is 5.75 Å². The first-order valence-corrected chi connectivity index (χ1v) is 14.8. The number of benzene rings is 1. The lowest BCUT2D eigenvalue weighted by Gasteiger charge is -2.12. The SMILES string of the molecule is CCCCCCCCC(=O)CCCCC=COc1ccc(NC(=O)CCCC(=O)N(C)C)cc1CCC(=O)OC. The molecule has 40 heavy (non-hydrogen) atoms. The Balaban J connectivity index is 2.49. The van der Waals surface area contributed by atoms with Gasteiger partial charge in [0.15, 0.2) is 0 Å². The maximum absolute atomic E-state index is 12.3. The number of rotatable bonds is 22. The van der Waals surface area contributed by atoms with Crippen LogP contribution in [0.1, 0.15) is 109 Å². The summed E-state index contributed by atoms with van der Waals surface area (Å²) in [4.78, 5) is 49.3. The van der Waals surface area contributed by atoms with Crippen molar-refractivity contribution in [3.05, 3.63) is 36.1 Å². The van der Waals surface area contributed by atoms with Crippen LogP contribution >= 0.6 is 0 Å². The van der Waals surface area contributed by atoms with E-state index in [0.717, 1.165) is 37.7 Å². The van der Waals surface area contributed by atoms with Crippen LogP contribution in [0, 0.1) is 0 Å². The van der Waals surface area contributed by atoms with E-state index in [4.69, 9.17) is 9.47 Å². The molecule has 0 saturated heterocycles. The van der Waals surface area contributed by atoms with E-state index in [9.17, 15) is 19.2 Å². The molecule has 0 atom stereocenters. The summed E-state index contributed by atoms with van der Waals surface area (Å²) in [5.41, 5.74) is 1.38. The molecule has 0 spiro atoms. The molecule has 0 fully saturated rings. The van der Waals surface area contributed by atoms with Crippen molar-refractivity contribution in [3.63, 3.8) is 0 Å². The van der Waals surface area contributed by atoms with Gasteiger partial charge in [0.1, 0.15) is 11.5 Å². The number of anilines is 1. The average Bonchev–Trinajstić information content (AvgIpc) is 2.93. The molecule has 1 aromatic rings. The number of methoxy groups -OCH3 is 1. The van der Waals surface area contributed by atoms with Gasteiger partial charge in [-0.2, -0.15) is 0 Å². The molecule has 2 amide bonds. The van der Waals surface area contributed by atoms with E-state index in [1.807, 2.05) is 6.08 Å². The minimum atomic E-state index is -0.326. The highest BCUT2D eigenvalue weighted by Crippen LogP contribution is 2.25. The van der Waals surface area contributed by atoms with Gasteiger partial charge in [-0.25, -0.2) is 0 Å². The molecule has 0 heterocycles. The summed E-state index contributed by atoms with van der Waals surface area (Å²) in [7, 11) is 4.73. The summed E-state index contributed by atoms with van der Waals surface area (Å²) in [6.07, 6.45) is 16.3. The van der Waals surface area contributed by atoms with Gasteiger partial charge in [-0.1, -0.05) is 39.0 Å². The largest absolute Gasteiger partial charge is 0.469 e. The summed E-state index contributed by atoms with van der Waals surface area (Å²) in [6, 6.07) is 5.32. The predicted octanol–water partition coefficient (Wildman–Crippen LogP) is 6.76. The number of carbonyl (C=O) groups excluding carboxylic acids is 4. The molecule has 0 radical (unpaired) electrons. The molecule has 1 aromatic carbocycles. The maximum Gasteiger partial charge on any atom is 0.305 e. The second-order valence-electron chi connectivity index (χ2n) is 10.4. The van der Waals surface area contributed by atoms with E-state index in [-0.39, 0.29) is 30.6 Å². The highest BCUT2D eigenvalue weighted by Gasteiger charge is 2.11. The Hall–Kier alpha value is -3.16. The third-order valence-corrected chi connectivity index (χ3v) is 6.64. The van der Waals surface area contributed by atoms with Crippen LogP contribution in [-0.4, -0.2) is 49.7 Å². The maximum atomic E-state index is 12.3. The first-order valence-electron chi connectivity index (χ1n) is 14.8. The molecule has 0 aliphatic rings. The van der Waals surface area contributed by atoms with E-state index < -0.39 is 0 Å². The molecule has 0 aliphatic carbocycles. The van der Waals surface area contributed by atoms with Crippen molar-refractivity contribution in [2.24, 2.45) is 0 Å². The normalized spacial score (nSPS) is 10.9. The predicted molar refractivity (Wildman–Crippen MR) is 159 cm³/mol. The number of hydrogen-bond acceptors (Lipinski definition) is 6. The number of allylic oxidation sites excluding steroid dienone is 1. The van der Waals surface area contributed by atoms with Gasteiger partial charge in [-0.15, -0.1) is 0 Å². The Bertz CT molecular complexity index is 941. The quantitative estimate of drug-likeness (QED) is 0.0958. The van der Waals surface area contributed by atoms with E-state index >= 15 is 0 Å². The highest BCUT2D eigenvalue weighted by molar-refractivity contribution is 5.91. The van der Waals surface area contributed by atoms with E-state index in [0.29, 0.717) is 49.3 Å². The number of nitrogens with zero attached hydrogens (tertiary/aromatic N) is 1. The third kappa shape index (κ3) is 16.7. The van der Waals surface area contributed by atoms with Gasteiger partial charge in [0, 0.05) is 51.9 Å². The smallest absolute Gasteiger partial charge is 0.305 e. The number of hydrogen-bond donors (Lipinski definition) is 1. The van der Waals surface area contributed by atoms with Crippen LogP contribution in [0.2, 0.25) is 0 Å². The van der Waals surface area contributed by atoms with Crippen LogP contribution in [0.3, 0.4) is 0 Å². The molecule has 1 N–H and O–H groups in total. The third-order valence-electron chi connectivity index (χ3n) is 6.64. The molecular weight excluding hydrogens is 508 g/mol. The first-order chi connectivity index (χ1) is 19.3. The van der Waals surface area contributed by atoms with Crippen LogP contribution < -0.4 is 10.1 Å². The summed E-state index contributed by atoms with van der Waals surface area (Å²) >= 11 is 0. The fraction of sp³-hybridized carbons (Fsp3) is 0.625. The van der Waals surface area contributed by atoms with Crippen molar-refractivity contribution in [3.8, 4) is 5.75 Å². The van der Waals surface area contributed by atoms with Crippen molar-refractivity contribution >= 4 is 29.3 Å². The number of ketones is 1. The van der Waals surface area contributed by atoms with Crippen LogP contribution in [0.15, 0.2) is 30.5 Å². The van der Waals surface area contributed by atoms with Gasteiger partial charge >= 0.3 is 5.97 Å². The summed E-state index contributed by atoms with van der Waals surface area (Å²) in [5.74, 6) is 0.450. The zero-order valence-corrected chi connectivity index (χ0v) is 25.1. The van der Waals surface area contributed by atoms with Crippen LogP contribution in [0.4, 0.5) is 5.69 Å². The lowest BCUT2D eigenvalue weighted by molar-refractivity contribution is -0.140. The van der Waals surface area contributed by atoms with E-state index in [1.54, 1.807) is 38.6 Å². The minimum Gasteiger partial charge on any atom is -0.469 e. The van der Waals surface area contributed by atoms with Crippen molar-refractivity contribution in [2.45, 2.75) is 110 Å². The van der Waals surface area contributed by atoms with Crippen molar-refractivity contribution in [1.29, 1.82) is 0 Å². The number of nitrogens with one attached hydrogen (secondary N) is 1. The molecule has 1 rings (SSSR count). The monoisotopic (exact) mass is 558 g/mol. The van der Waals surface area contributed by atoms with E-state index in [2.05, 4.69) is 12.2 Å². The second-order valence-corrected chi connectivity index (χ2v) is 10.4. The standard InChI is InChI=1S/C32H50N2O6/c1-5-6-7-8-9-12-16-28(35)17-13-10-11-14-24-40-29-22-21-27(25-26(29)20-23-32(38)39-4)33-30(36)18-15-19-31(37)34(2)3/h14,21-22,24-25H,5-13,15-20,23H2,1-4H3,(H,33,36). The van der Waals surface area contributed by atoms with Gasteiger partial charge in [0.05, 0.1) is 13.4 Å². The summed E-state index contributed by atoms with van der Waals surface area (Å²) < 4.78 is 10.6. The van der Waals surface area contributed by atoms with Gasteiger partial charge < -0.3 is 19.7 Å². The molecule has 0 unspecified atom stereocenters. The molecule has 8 nitrogen and oxygen atoms in total. The molecule has 0 aliphatic heterocycles. The molecule has 224 valence electrons. The Morgan fingerprint density at radius 1 is 0.850 bits per heavy atom. The Labute approximate surface area is 240 Å². The molecule has 0 aromatic heterocycles. The Morgan fingerprint density at radius 3 is 2.25 bits per heavy atom. The second kappa shape index (κ2) is 21.6. The minimum absolute atomic E-state index is 0.00978. The zero-order valence-electron chi connectivity index (χ0n) is 25.1. The zero-order chi connectivity index (χ0) is 29.6. The number of carbonyl (C=O) groups is 4. The molecule has 0 bridgehead atoms. The van der Waals surface area contributed by atoms with E-state index in [1.165, 1.54) is 37.7 Å². The Kier molecular flexibility index (Phi) is 18.9. The van der Waals surface area contributed by atoms with Gasteiger partial charge in [0.25, 0.3) is 0 Å². The number of esters is 1. The highest BCUT2D eigenvalue weighted by atomic mass is 16.5. The molecule has 0 saturated carbocycles. The number of ether oxygens (including phenoxy) is 2. The van der Waals surface area contributed by atoms with Crippen molar-refractivity contribution in [2.75, 3.05) is 26.5 Å². The van der Waals surface area contributed by atoms with Crippen LogP contribution in [-0.2, 0) is 30.3 Å². The number of amides is 2. The first kappa shape index (κ1) is 34.9. The van der Waals surface area contributed by atoms with Gasteiger partial charge in [0.2, 0.25) is 11.8 Å². The van der Waals surface area contributed by atoms with Gasteiger partial charge in [-0.3, -0.25) is 19.2 Å². The van der Waals surface area contributed by atoms with Crippen molar-refractivity contribution < 1.29 is 28.7 Å². The lowest BCUT2D eigenvalue weighted by Crippen LogP contribution is -2.21. The molecular formula is C32H50N2O6. The fourth-order valence-electron chi connectivity index (χ4n) is 4.15.